The van der Waals surface area contributed by atoms with E-state index in [1.165, 1.54) is 7.11 Å². The molecule has 2 aliphatic carbocycles. The Morgan fingerprint density at radius 3 is 2.32 bits per heavy atom. The fraction of sp³-hybridized carbons (Fsp3) is 0.966. The van der Waals surface area contributed by atoms with Crippen molar-refractivity contribution < 1.29 is 34.7 Å². The van der Waals surface area contributed by atoms with Crippen molar-refractivity contribution in [1.29, 1.82) is 0 Å². The minimum atomic E-state index is -0.895. The molecule has 0 radical (unpaired) electrons. The number of ketones is 1. The van der Waals surface area contributed by atoms with Crippen molar-refractivity contribution in [3.63, 3.8) is 0 Å². The van der Waals surface area contributed by atoms with E-state index in [1.54, 1.807) is 7.11 Å². The summed E-state index contributed by atoms with van der Waals surface area (Å²) in [6, 6.07) is 0. The molecule has 1 saturated heterocycles. The van der Waals surface area contributed by atoms with Crippen LogP contribution in [0, 0.1) is 29.6 Å². The molecule has 222 valence electrons. The topological polar surface area (TPSA) is 154 Å². The molecule has 0 aromatic carbocycles. The van der Waals surface area contributed by atoms with Gasteiger partial charge in [0, 0.05) is 26.6 Å². The lowest BCUT2D eigenvalue weighted by atomic mass is 9.69. The summed E-state index contributed by atoms with van der Waals surface area (Å²) >= 11 is 0. The minimum absolute atomic E-state index is 0.0658. The molecule has 3 fully saturated rings. The van der Waals surface area contributed by atoms with Crippen LogP contribution in [0.1, 0.15) is 84.0 Å². The first-order valence-corrected chi connectivity index (χ1v) is 15.0. The Balaban J connectivity index is 1.67. The quantitative estimate of drug-likeness (QED) is 0.204. The number of piperidine rings is 1. The smallest absolute Gasteiger partial charge is 0.138 e. The van der Waals surface area contributed by atoms with E-state index >= 15 is 0 Å². The van der Waals surface area contributed by atoms with E-state index in [4.69, 9.17) is 15.2 Å². The molecule has 0 spiro atoms. The number of ether oxygens (including phenoxy) is 2. The highest BCUT2D eigenvalue weighted by Crippen LogP contribution is 2.39. The number of hydrogen-bond donors (Lipinski definition) is 6. The number of Topliss-reactive ketones (excluding diaryl/α,β-unsaturated/α-hetero) is 1. The molecule has 3 aliphatic rings. The van der Waals surface area contributed by atoms with Crippen LogP contribution in [0.15, 0.2) is 0 Å². The second kappa shape index (κ2) is 15.4. The third-order valence-corrected chi connectivity index (χ3v) is 9.86. The second-order valence-corrected chi connectivity index (χ2v) is 12.3. The highest BCUT2D eigenvalue weighted by atomic mass is 16.5. The van der Waals surface area contributed by atoms with E-state index in [1.807, 2.05) is 0 Å². The molecule has 2 saturated carbocycles. The molecule has 0 aromatic heterocycles. The first-order chi connectivity index (χ1) is 18.2. The summed E-state index contributed by atoms with van der Waals surface area (Å²) < 4.78 is 10.8. The summed E-state index contributed by atoms with van der Waals surface area (Å²) in [4.78, 5) is 13.8. The summed E-state index contributed by atoms with van der Waals surface area (Å²) in [5, 5.41) is 45.4. The van der Waals surface area contributed by atoms with Crippen LogP contribution >= 0.6 is 0 Å². The van der Waals surface area contributed by atoms with Gasteiger partial charge in [0.15, 0.2) is 0 Å². The van der Waals surface area contributed by atoms with Gasteiger partial charge in [-0.25, -0.2) is 0 Å². The summed E-state index contributed by atoms with van der Waals surface area (Å²) in [7, 11) is 3.17. The van der Waals surface area contributed by atoms with Crippen LogP contribution in [-0.2, 0) is 14.3 Å². The number of aliphatic hydroxyl groups is 4. The molecule has 3 rings (SSSR count). The van der Waals surface area contributed by atoms with Crippen LogP contribution < -0.4 is 11.1 Å². The van der Waals surface area contributed by atoms with Gasteiger partial charge < -0.3 is 41.0 Å². The van der Waals surface area contributed by atoms with E-state index < -0.39 is 36.4 Å². The number of nitrogens with one attached hydrogen (secondary N) is 1. The second-order valence-electron chi connectivity index (χ2n) is 12.3. The SMILES string of the molecule is CCC(C1CCNC(N)C1)C(C(=O)CCC1CC(O)C(O)C(OC)C1)C(O)CCC1CCC(O)C(OC)C1. The first kappa shape index (κ1) is 31.9. The highest BCUT2D eigenvalue weighted by molar-refractivity contribution is 5.82. The molecule has 7 N–H and O–H groups in total. The molecule has 38 heavy (non-hydrogen) atoms. The van der Waals surface area contributed by atoms with Crippen molar-refractivity contribution in [1.82, 2.24) is 5.32 Å². The van der Waals surface area contributed by atoms with Crippen LogP contribution in [0.5, 0.6) is 0 Å². The van der Waals surface area contributed by atoms with E-state index in [0.29, 0.717) is 44.4 Å². The van der Waals surface area contributed by atoms with Gasteiger partial charge >= 0.3 is 0 Å². The molecule has 12 atom stereocenters. The zero-order chi connectivity index (χ0) is 27.8. The lowest BCUT2D eigenvalue weighted by Gasteiger charge is -2.40. The zero-order valence-corrected chi connectivity index (χ0v) is 23.7. The van der Waals surface area contributed by atoms with Gasteiger partial charge in [0.05, 0.1) is 36.7 Å². The fourth-order valence-corrected chi connectivity index (χ4v) is 7.56. The highest BCUT2D eigenvalue weighted by Gasteiger charge is 2.41. The molecule has 0 amide bonds. The number of rotatable bonds is 13. The molecule has 1 aliphatic heterocycles. The standard InChI is InChI=1S/C29H54N2O7/c1-4-20(19-11-12-31-27(30)16-19)28(22(33)9-6-17-5-8-21(32)25(14-17)37-2)23(34)10-7-18-13-24(35)29(36)26(15-18)38-3/h17-22,24-29,31-33,35-36H,4-16,30H2,1-3H3. The molecule has 12 unspecified atom stereocenters. The van der Waals surface area contributed by atoms with Crippen molar-refractivity contribution in [2.24, 2.45) is 35.3 Å². The maximum absolute atomic E-state index is 13.8. The average molecular weight is 543 g/mol. The first-order valence-electron chi connectivity index (χ1n) is 15.0. The van der Waals surface area contributed by atoms with Gasteiger partial charge in [-0.3, -0.25) is 4.79 Å². The van der Waals surface area contributed by atoms with Crippen molar-refractivity contribution in [2.75, 3.05) is 20.8 Å². The summed E-state index contributed by atoms with van der Waals surface area (Å²) in [6.45, 7) is 2.93. The van der Waals surface area contributed by atoms with Gasteiger partial charge in [0.25, 0.3) is 0 Å². The molecule has 9 nitrogen and oxygen atoms in total. The molecular weight excluding hydrogens is 488 g/mol. The monoisotopic (exact) mass is 542 g/mol. The zero-order valence-electron chi connectivity index (χ0n) is 23.7. The van der Waals surface area contributed by atoms with Crippen LogP contribution in [-0.4, -0.2) is 89.8 Å². The minimum Gasteiger partial charge on any atom is -0.392 e. The predicted molar refractivity (Wildman–Crippen MR) is 145 cm³/mol. The molecule has 1 heterocycles. The van der Waals surface area contributed by atoms with Crippen LogP contribution in [0.3, 0.4) is 0 Å². The normalized spacial score (nSPS) is 38.9. The van der Waals surface area contributed by atoms with Gasteiger partial charge in [-0.1, -0.05) is 13.3 Å². The van der Waals surface area contributed by atoms with E-state index in [9.17, 15) is 25.2 Å². The Kier molecular flexibility index (Phi) is 12.9. The molecular formula is C29H54N2O7. The average Bonchev–Trinajstić information content (AvgIpc) is 2.91. The van der Waals surface area contributed by atoms with Crippen molar-refractivity contribution in [3.05, 3.63) is 0 Å². The third kappa shape index (κ3) is 8.43. The number of carbonyl (C=O) groups is 1. The van der Waals surface area contributed by atoms with Crippen LogP contribution in [0.2, 0.25) is 0 Å². The molecule has 0 bridgehead atoms. The van der Waals surface area contributed by atoms with E-state index in [0.717, 1.165) is 45.1 Å². The Hall–Kier alpha value is -0.650. The number of nitrogens with two attached hydrogens (primary N) is 1. The summed E-state index contributed by atoms with van der Waals surface area (Å²) in [6.07, 6.45) is 4.77. The lowest BCUT2D eigenvalue weighted by molar-refractivity contribution is -0.133. The number of carbonyl (C=O) groups excluding carboxylic acids is 1. The van der Waals surface area contributed by atoms with Gasteiger partial charge in [-0.15, -0.1) is 0 Å². The van der Waals surface area contributed by atoms with Gasteiger partial charge in [0.2, 0.25) is 0 Å². The Labute approximate surface area is 228 Å². The maximum atomic E-state index is 13.8. The number of aliphatic hydroxyl groups excluding tert-OH is 4. The van der Waals surface area contributed by atoms with E-state index in [-0.39, 0.29) is 35.8 Å². The molecule has 0 aromatic rings. The summed E-state index contributed by atoms with van der Waals surface area (Å²) in [5.74, 6) is 0.456. The fourth-order valence-electron chi connectivity index (χ4n) is 7.56. The van der Waals surface area contributed by atoms with E-state index in [2.05, 4.69) is 12.2 Å². The summed E-state index contributed by atoms with van der Waals surface area (Å²) in [5.41, 5.74) is 6.22. The molecule has 9 heteroatoms. The lowest BCUT2D eigenvalue weighted by Crippen LogP contribution is -2.48. The van der Waals surface area contributed by atoms with Crippen molar-refractivity contribution >= 4 is 5.78 Å². The van der Waals surface area contributed by atoms with Crippen LogP contribution in [0.25, 0.3) is 0 Å². The van der Waals surface area contributed by atoms with Gasteiger partial charge in [-0.2, -0.15) is 0 Å². The largest absolute Gasteiger partial charge is 0.392 e. The number of methoxy groups -OCH3 is 2. The van der Waals surface area contributed by atoms with Gasteiger partial charge in [0.1, 0.15) is 11.9 Å². The Morgan fingerprint density at radius 2 is 1.66 bits per heavy atom. The third-order valence-electron chi connectivity index (χ3n) is 9.86. The van der Waals surface area contributed by atoms with Crippen LogP contribution in [0.4, 0.5) is 0 Å². The van der Waals surface area contributed by atoms with Gasteiger partial charge in [-0.05, 0) is 94.4 Å². The number of hydrogen-bond acceptors (Lipinski definition) is 9. The van der Waals surface area contributed by atoms with Crippen molar-refractivity contribution in [2.45, 2.75) is 127 Å². The maximum Gasteiger partial charge on any atom is 0.138 e. The predicted octanol–water partition coefficient (Wildman–Crippen LogP) is 1.73. The Morgan fingerprint density at radius 1 is 0.947 bits per heavy atom. The Bertz CT molecular complexity index is 712. The van der Waals surface area contributed by atoms with Crippen molar-refractivity contribution in [3.8, 4) is 0 Å².